The first kappa shape index (κ1) is 13.5. The second kappa shape index (κ2) is 5.84. The van der Waals surface area contributed by atoms with E-state index in [4.69, 9.17) is 10.2 Å². The van der Waals surface area contributed by atoms with Crippen LogP contribution in [0.3, 0.4) is 0 Å². The van der Waals surface area contributed by atoms with E-state index in [2.05, 4.69) is 5.32 Å². The van der Waals surface area contributed by atoms with Gasteiger partial charge in [-0.25, -0.2) is 0 Å². The summed E-state index contributed by atoms with van der Waals surface area (Å²) in [4.78, 5) is 22.8. The fraction of sp³-hybridized carbons (Fsp3) is 0.429. The number of benzene rings is 1. The summed E-state index contributed by atoms with van der Waals surface area (Å²) in [6.45, 7) is -0.0306. The fourth-order valence-electron chi connectivity index (χ4n) is 2.38. The first-order valence-corrected chi connectivity index (χ1v) is 6.33. The molecule has 1 amide bonds. The highest BCUT2D eigenvalue weighted by Gasteiger charge is 2.33. The Balaban J connectivity index is 1.92. The maximum atomic E-state index is 12.0. The van der Waals surface area contributed by atoms with Gasteiger partial charge >= 0.3 is 5.97 Å². The molecular formula is C14H17NO4. The molecule has 0 radical (unpaired) electrons. The molecule has 5 heteroatoms. The Hall–Kier alpha value is -1.88. The SMILES string of the molecule is O=C(O)[C@H]1CC[C@@H](C(=O)Nc2ccc(CO)cc2)C1. The molecule has 2 rings (SSSR count). The van der Waals surface area contributed by atoms with Crippen LogP contribution in [0.4, 0.5) is 5.69 Å². The van der Waals surface area contributed by atoms with Crippen molar-refractivity contribution in [2.75, 3.05) is 5.32 Å². The number of anilines is 1. The molecular weight excluding hydrogens is 246 g/mol. The van der Waals surface area contributed by atoms with Crippen molar-refractivity contribution in [1.82, 2.24) is 0 Å². The summed E-state index contributed by atoms with van der Waals surface area (Å²) in [6.07, 6.45) is 1.60. The predicted molar refractivity (Wildman–Crippen MR) is 69.5 cm³/mol. The minimum absolute atomic E-state index is 0.0306. The third kappa shape index (κ3) is 3.32. The second-order valence-electron chi connectivity index (χ2n) is 4.89. The van der Waals surface area contributed by atoms with E-state index in [0.717, 1.165) is 5.56 Å². The molecule has 0 bridgehead atoms. The third-order valence-electron chi connectivity index (χ3n) is 3.56. The molecule has 0 spiro atoms. The van der Waals surface area contributed by atoms with E-state index in [9.17, 15) is 9.59 Å². The highest BCUT2D eigenvalue weighted by molar-refractivity contribution is 5.93. The van der Waals surface area contributed by atoms with E-state index in [1.54, 1.807) is 24.3 Å². The molecule has 1 aromatic rings. The van der Waals surface area contributed by atoms with Crippen molar-refractivity contribution in [3.63, 3.8) is 0 Å². The molecule has 0 aliphatic heterocycles. The maximum Gasteiger partial charge on any atom is 0.306 e. The minimum atomic E-state index is -0.817. The van der Waals surface area contributed by atoms with Crippen molar-refractivity contribution >= 4 is 17.6 Å². The van der Waals surface area contributed by atoms with Gasteiger partial charge in [0, 0.05) is 11.6 Å². The van der Waals surface area contributed by atoms with Gasteiger partial charge in [0.05, 0.1) is 12.5 Å². The molecule has 2 atom stereocenters. The third-order valence-corrected chi connectivity index (χ3v) is 3.56. The van der Waals surface area contributed by atoms with Gasteiger partial charge < -0.3 is 15.5 Å². The number of aliphatic carboxylic acids is 1. The number of carboxylic acid groups (broad SMARTS) is 1. The van der Waals surface area contributed by atoms with Crippen LogP contribution in [-0.2, 0) is 16.2 Å². The van der Waals surface area contributed by atoms with Crippen molar-refractivity contribution in [1.29, 1.82) is 0 Å². The van der Waals surface area contributed by atoms with Gasteiger partial charge in [0.25, 0.3) is 0 Å². The van der Waals surface area contributed by atoms with E-state index >= 15 is 0 Å². The predicted octanol–water partition coefficient (Wildman–Crippen LogP) is 1.62. The van der Waals surface area contributed by atoms with Crippen molar-refractivity contribution < 1.29 is 19.8 Å². The van der Waals surface area contributed by atoms with Crippen molar-refractivity contribution in [3.05, 3.63) is 29.8 Å². The van der Waals surface area contributed by atoms with E-state index in [1.165, 1.54) is 0 Å². The van der Waals surface area contributed by atoms with Crippen LogP contribution in [0.1, 0.15) is 24.8 Å². The molecule has 1 aliphatic carbocycles. The van der Waals surface area contributed by atoms with Crippen LogP contribution < -0.4 is 5.32 Å². The lowest BCUT2D eigenvalue weighted by molar-refractivity contribution is -0.141. The van der Waals surface area contributed by atoms with E-state index < -0.39 is 11.9 Å². The molecule has 102 valence electrons. The minimum Gasteiger partial charge on any atom is -0.481 e. The summed E-state index contributed by atoms with van der Waals surface area (Å²) >= 11 is 0. The number of carbonyl (C=O) groups excluding carboxylic acids is 1. The number of aliphatic hydroxyl groups excluding tert-OH is 1. The van der Waals surface area contributed by atoms with E-state index in [-0.39, 0.29) is 18.4 Å². The molecule has 0 heterocycles. The van der Waals surface area contributed by atoms with Crippen molar-refractivity contribution in [2.45, 2.75) is 25.9 Å². The summed E-state index contributed by atoms with van der Waals surface area (Å²) in [7, 11) is 0. The Kier molecular flexibility index (Phi) is 4.16. The fourth-order valence-corrected chi connectivity index (χ4v) is 2.38. The molecule has 1 aliphatic rings. The Morgan fingerprint density at radius 1 is 1.16 bits per heavy atom. The van der Waals surface area contributed by atoms with Crippen LogP contribution in [0, 0.1) is 11.8 Å². The number of aliphatic hydroxyl groups is 1. The highest BCUT2D eigenvalue weighted by Crippen LogP contribution is 2.31. The van der Waals surface area contributed by atoms with Crippen LogP contribution in [-0.4, -0.2) is 22.1 Å². The van der Waals surface area contributed by atoms with Gasteiger partial charge in [-0.2, -0.15) is 0 Å². The van der Waals surface area contributed by atoms with Gasteiger partial charge in [0.15, 0.2) is 0 Å². The smallest absolute Gasteiger partial charge is 0.306 e. The number of nitrogens with one attached hydrogen (secondary N) is 1. The number of amides is 1. The quantitative estimate of drug-likeness (QED) is 0.770. The monoisotopic (exact) mass is 263 g/mol. The lowest BCUT2D eigenvalue weighted by Gasteiger charge is -2.11. The molecule has 0 unspecified atom stereocenters. The van der Waals surface area contributed by atoms with Gasteiger partial charge in [-0.3, -0.25) is 9.59 Å². The maximum absolute atomic E-state index is 12.0. The van der Waals surface area contributed by atoms with Gasteiger partial charge in [0.2, 0.25) is 5.91 Å². The second-order valence-corrected chi connectivity index (χ2v) is 4.89. The Bertz CT molecular complexity index is 469. The van der Waals surface area contributed by atoms with Crippen LogP contribution in [0.25, 0.3) is 0 Å². The molecule has 1 aromatic carbocycles. The Morgan fingerprint density at radius 2 is 1.79 bits per heavy atom. The number of hydrogen-bond acceptors (Lipinski definition) is 3. The Labute approximate surface area is 111 Å². The van der Waals surface area contributed by atoms with Gasteiger partial charge in [0.1, 0.15) is 0 Å². The highest BCUT2D eigenvalue weighted by atomic mass is 16.4. The van der Waals surface area contributed by atoms with Gasteiger partial charge in [-0.1, -0.05) is 12.1 Å². The van der Waals surface area contributed by atoms with Gasteiger partial charge in [-0.15, -0.1) is 0 Å². The summed E-state index contributed by atoms with van der Waals surface area (Å²) in [6, 6.07) is 6.94. The number of carbonyl (C=O) groups is 2. The topological polar surface area (TPSA) is 86.6 Å². The van der Waals surface area contributed by atoms with E-state index in [0.29, 0.717) is 24.9 Å². The summed E-state index contributed by atoms with van der Waals surface area (Å²) in [5.74, 6) is -1.56. The van der Waals surface area contributed by atoms with Crippen molar-refractivity contribution in [2.24, 2.45) is 11.8 Å². The molecule has 1 fully saturated rings. The summed E-state index contributed by atoms with van der Waals surface area (Å²) in [5.41, 5.74) is 1.45. The molecule has 19 heavy (non-hydrogen) atoms. The lowest BCUT2D eigenvalue weighted by atomic mass is 10.0. The van der Waals surface area contributed by atoms with Crippen LogP contribution >= 0.6 is 0 Å². The van der Waals surface area contributed by atoms with Crippen molar-refractivity contribution in [3.8, 4) is 0 Å². The molecule has 0 saturated heterocycles. The summed E-state index contributed by atoms with van der Waals surface area (Å²) in [5, 5.41) is 20.6. The zero-order valence-electron chi connectivity index (χ0n) is 10.5. The van der Waals surface area contributed by atoms with Gasteiger partial charge in [-0.05, 0) is 37.0 Å². The van der Waals surface area contributed by atoms with Crippen LogP contribution in [0.5, 0.6) is 0 Å². The number of rotatable bonds is 4. The zero-order chi connectivity index (χ0) is 13.8. The Morgan fingerprint density at radius 3 is 2.32 bits per heavy atom. The van der Waals surface area contributed by atoms with Crippen LogP contribution in [0.2, 0.25) is 0 Å². The first-order valence-electron chi connectivity index (χ1n) is 6.33. The van der Waals surface area contributed by atoms with Crippen LogP contribution in [0.15, 0.2) is 24.3 Å². The molecule has 5 nitrogen and oxygen atoms in total. The number of hydrogen-bond donors (Lipinski definition) is 3. The first-order chi connectivity index (χ1) is 9.10. The average Bonchev–Trinajstić information content (AvgIpc) is 2.89. The summed E-state index contributed by atoms with van der Waals surface area (Å²) < 4.78 is 0. The number of carboxylic acids is 1. The largest absolute Gasteiger partial charge is 0.481 e. The standard InChI is InChI=1S/C14H17NO4/c16-8-9-1-5-12(6-2-9)15-13(17)10-3-4-11(7-10)14(18)19/h1-2,5-6,10-11,16H,3-4,7-8H2,(H,15,17)(H,18,19)/t10-,11+/m1/s1. The zero-order valence-corrected chi connectivity index (χ0v) is 10.5. The lowest BCUT2D eigenvalue weighted by Crippen LogP contribution is -2.21. The normalized spacial score (nSPS) is 22.2. The average molecular weight is 263 g/mol. The molecule has 0 aromatic heterocycles. The molecule has 1 saturated carbocycles. The molecule has 3 N–H and O–H groups in total. The van der Waals surface area contributed by atoms with E-state index in [1.807, 2.05) is 0 Å².